The Kier molecular flexibility index (Phi) is 4.17. The molecule has 0 unspecified atom stereocenters. The van der Waals surface area contributed by atoms with Crippen molar-refractivity contribution in [2.24, 2.45) is 0 Å². The molecule has 0 atom stereocenters. The summed E-state index contributed by atoms with van der Waals surface area (Å²) in [6.07, 6.45) is -5.10. The molecule has 1 heterocycles. The summed E-state index contributed by atoms with van der Waals surface area (Å²) in [6.45, 7) is 3.24. The van der Waals surface area contributed by atoms with E-state index >= 15 is 0 Å². The molecule has 0 aliphatic carbocycles. The van der Waals surface area contributed by atoms with Gasteiger partial charge in [0, 0.05) is 19.3 Å². The van der Waals surface area contributed by atoms with Crippen molar-refractivity contribution in [2.45, 2.75) is 26.4 Å². The fraction of sp³-hybridized carbons (Fsp3) is 0.500. The van der Waals surface area contributed by atoms with E-state index in [2.05, 4.69) is 4.98 Å². The Morgan fingerprint density at radius 3 is 2.50 bits per heavy atom. The summed E-state index contributed by atoms with van der Waals surface area (Å²) < 4.78 is 36.5. The maximum Gasteiger partial charge on any atom is 0.390 e. The zero-order valence-electron chi connectivity index (χ0n) is 10.5. The van der Waals surface area contributed by atoms with Crippen LogP contribution in [0.4, 0.5) is 18.9 Å². The molecule has 0 amide bonds. The highest BCUT2D eigenvalue weighted by molar-refractivity contribution is 5.61. The van der Waals surface area contributed by atoms with Gasteiger partial charge in [-0.1, -0.05) is 0 Å². The molecule has 0 N–H and O–H groups in total. The molecular formula is C12H14F3N3. The van der Waals surface area contributed by atoms with E-state index in [1.54, 1.807) is 27.0 Å². The molecule has 0 spiro atoms. The SMILES string of the molecule is Cc1cc(N(C)CCC(F)(F)F)c(C#N)c(C)n1. The van der Waals surface area contributed by atoms with Crippen LogP contribution in [0, 0.1) is 25.2 Å². The van der Waals surface area contributed by atoms with Crippen molar-refractivity contribution in [3.8, 4) is 6.07 Å². The minimum absolute atomic E-state index is 0.179. The minimum Gasteiger partial charge on any atom is -0.373 e. The summed E-state index contributed by atoms with van der Waals surface area (Å²) in [5.74, 6) is 0. The predicted octanol–water partition coefficient (Wildman–Crippen LogP) is 2.96. The molecule has 0 bridgehead atoms. The summed E-state index contributed by atoms with van der Waals surface area (Å²) in [6, 6.07) is 3.61. The average molecular weight is 257 g/mol. The van der Waals surface area contributed by atoms with Gasteiger partial charge < -0.3 is 4.90 Å². The molecule has 6 heteroatoms. The highest BCUT2D eigenvalue weighted by atomic mass is 19.4. The van der Waals surface area contributed by atoms with Crippen molar-refractivity contribution in [3.05, 3.63) is 23.0 Å². The molecule has 1 aromatic rings. The third-order valence-corrected chi connectivity index (χ3v) is 2.56. The van der Waals surface area contributed by atoms with E-state index in [1.807, 2.05) is 6.07 Å². The van der Waals surface area contributed by atoms with Crippen LogP contribution in [0.15, 0.2) is 6.07 Å². The highest BCUT2D eigenvalue weighted by Gasteiger charge is 2.27. The lowest BCUT2D eigenvalue weighted by Crippen LogP contribution is -2.25. The van der Waals surface area contributed by atoms with Crippen molar-refractivity contribution in [1.82, 2.24) is 4.98 Å². The number of nitriles is 1. The maximum atomic E-state index is 12.2. The molecule has 0 saturated heterocycles. The number of alkyl halides is 3. The average Bonchev–Trinajstić information content (AvgIpc) is 2.24. The number of hydrogen-bond donors (Lipinski definition) is 0. The zero-order valence-corrected chi connectivity index (χ0v) is 10.5. The lowest BCUT2D eigenvalue weighted by Gasteiger charge is -2.22. The summed E-state index contributed by atoms with van der Waals surface area (Å²) in [4.78, 5) is 5.56. The molecule has 1 rings (SSSR count). The summed E-state index contributed by atoms with van der Waals surface area (Å²) >= 11 is 0. The fourth-order valence-electron chi connectivity index (χ4n) is 1.66. The number of aryl methyl sites for hydroxylation is 2. The lowest BCUT2D eigenvalue weighted by molar-refractivity contribution is -0.132. The largest absolute Gasteiger partial charge is 0.390 e. The van der Waals surface area contributed by atoms with Crippen molar-refractivity contribution in [3.63, 3.8) is 0 Å². The topological polar surface area (TPSA) is 39.9 Å². The van der Waals surface area contributed by atoms with Gasteiger partial charge in [0.25, 0.3) is 0 Å². The van der Waals surface area contributed by atoms with Crippen LogP contribution in [0.2, 0.25) is 0 Å². The normalized spacial score (nSPS) is 11.2. The van der Waals surface area contributed by atoms with Crippen LogP contribution >= 0.6 is 0 Å². The molecule has 0 fully saturated rings. The third kappa shape index (κ3) is 3.62. The van der Waals surface area contributed by atoms with Crippen LogP contribution in [0.3, 0.4) is 0 Å². The first-order valence-electron chi connectivity index (χ1n) is 5.41. The smallest absolute Gasteiger partial charge is 0.373 e. The van der Waals surface area contributed by atoms with Crippen molar-refractivity contribution in [2.75, 3.05) is 18.5 Å². The van der Waals surface area contributed by atoms with Crippen molar-refractivity contribution < 1.29 is 13.2 Å². The van der Waals surface area contributed by atoms with Crippen molar-refractivity contribution in [1.29, 1.82) is 5.26 Å². The van der Waals surface area contributed by atoms with Crippen LogP contribution in [-0.2, 0) is 0 Å². The van der Waals surface area contributed by atoms with E-state index in [4.69, 9.17) is 5.26 Å². The van der Waals surface area contributed by atoms with Gasteiger partial charge in [-0.2, -0.15) is 18.4 Å². The van der Waals surface area contributed by atoms with Gasteiger partial charge in [-0.3, -0.25) is 4.98 Å². The standard InChI is InChI=1S/C12H14F3N3/c1-8-6-11(10(7-16)9(2)17-8)18(3)5-4-12(13,14)15/h6H,4-5H2,1-3H3. The second-order valence-electron chi connectivity index (χ2n) is 4.14. The van der Waals surface area contributed by atoms with Crippen LogP contribution < -0.4 is 4.90 Å². The number of anilines is 1. The first-order valence-corrected chi connectivity index (χ1v) is 5.41. The van der Waals surface area contributed by atoms with Crippen LogP contribution in [0.1, 0.15) is 23.4 Å². The van der Waals surface area contributed by atoms with Crippen LogP contribution in [-0.4, -0.2) is 24.8 Å². The molecule has 0 aliphatic rings. The van der Waals surface area contributed by atoms with E-state index in [1.165, 1.54) is 4.90 Å². The van der Waals surface area contributed by atoms with Gasteiger partial charge in [-0.05, 0) is 19.9 Å². The number of pyridine rings is 1. The number of rotatable bonds is 3. The van der Waals surface area contributed by atoms with Gasteiger partial charge in [0.1, 0.15) is 6.07 Å². The first-order chi connectivity index (χ1) is 8.24. The van der Waals surface area contributed by atoms with Crippen molar-refractivity contribution >= 4 is 5.69 Å². The summed E-state index contributed by atoms with van der Waals surface area (Å²) in [7, 11) is 1.54. The number of nitrogens with zero attached hydrogens (tertiary/aromatic N) is 3. The van der Waals surface area contributed by atoms with Gasteiger partial charge >= 0.3 is 6.18 Å². The Morgan fingerprint density at radius 1 is 1.39 bits per heavy atom. The van der Waals surface area contributed by atoms with E-state index in [9.17, 15) is 13.2 Å². The van der Waals surface area contributed by atoms with E-state index in [0.717, 1.165) is 0 Å². The molecule has 0 radical (unpaired) electrons. The second-order valence-corrected chi connectivity index (χ2v) is 4.14. The molecule has 1 aromatic heterocycles. The van der Waals surface area contributed by atoms with Crippen LogP contribution in [0.5, 0.6) is 0 Å². The van der Waals surface area contributed by atoms with Gasteiger partial charge in [0.2, 0.25) is 0 Å². The summed E-state index contributed by atoms with van der Waals surface area (Å²) in [5.41, 5.74) is 2.03. The number of aromatic nitrogens is 1. The molecule has 0 saturated carbocycles. The van der Waals surface area contributed by atoms with Gasteiger partial charge in [0.05, 0.1) is 23.4 Å². The Hall–Kier alpha value is -1.77. The minimum atomic E-state index is -4.20. The highest BCUT2D eigenvalue weighted by Crippen LogP contribution is 2.25. The maximum absolute atomic E-state index is 12.2. The first kappa shape index (κ1) is 14.3. The van der Waals surface area contributed by atoms with Gasteiger partial charge in [-0.25, -0.2) is 0 Å². The van der Waals surface area contributed by atoms with E-state index < -0.39 is 12.6 Å². The fourth-order valence-corrected chi connectivity index (χ4v) is 1.66. The molecule has 0 aliphatic heterocycles. The van der Waals surface area contributed by atoms with Gasteiger partial charge in [-0.15, -0.1) is 0 Å². The predicted molar refractivity (Wildman–Crippen MR) is 62.4 cm³/mol. The third-order valence-electron chi connectivity index (χ3n) is 2.56. The number of hydrogen-bond acceptors (Lipinski definition) is 3. The molecule has 3 nitrogen and oxygen atoms in total. The number of halogens is 3. The Morgan fingerprint density at radius 2 is 2.00 bits per heavy atom. The lowest BCUT2D eigenvalue weighted by atomic mass is 10.1. The Balaban J connectivity index is 2.99. The molecule has 18 heavy (non-hydrogen) atoms. The molecule has 98 valence electrons. The van der Waals surface area contributed by atoms with Crippen LogP contribution in [0.25, 0.3) is 0 Å². The molecule has 0 aromatic carbocycles. The Bertz CT molecular complexity index is 475. The summed E-state index contributed by atoms with van der Waals surface area (Å²) in [5, 5.41) is 9.03. The Labute approximate surface area is 104 Å². The quantitative estimate of drug-likeness (QED) is 0.835. The molecular weight excluding hydrogens is 243 g/mol. The second kappa shape index (κ2) is 5.25. The monoisotopic (exact) mass is 257 g/mol. The van der Waals surface area contributed by atoms with E-state index in [-0.39, 0.29) is 6.54 Å². The van der Waals surface area contributed by atoms with Gasteiger partial charge in [0.15, 0.2) is 0 Å². The van der Waals surface area contributed by atoms with E-state index in [0.29, 0.717) is 22.6 Å². The zero-order chi connectivity index (χ0) is 13.9.